The lowest BCUT2D eigenvalue weighted by atomic mass is 10.1. The minimum Gasteiger partial charge on any atom is -0.496 e. The summed E-state index contributed by atoms with van der Waals surface area (Å²) in [5, 5.41) is 8.96. The highest BCUT2D eigenvalue weighted by Gasteiger charge is 2.00. The molecule has 0 spiro atoms. The molecule has 1 rings (SSSR count). The van der Waals surface area contributed by atoms with Gasteiger partial charge in [0, 0.05) is 11.4 Å². The molecule has 0 atom stereocenters. The zero-order chi connectivity index (χ0) is 10.4. The van der Waals surface area contributed by atoms with E-state index in [2.05, 4.69) is 0 Å². The number of alkyl halides is 1. The molecule has 3 heteroatoms. The number of allylic oxidation sites excluding steroid dienone is 1. The molecule has 14 heavy (non-hydrogen) atoms. The molecule has 0 saturated heterocycles. The van der Waals surface area contributed by atoms with Crippen LogP contribution in [0.4, 0.5) is 0 Å². The molecule has 0 fully saturated rings. The van der Waals surface area contributed by atoms with Gasteiger partial charge >= 0.3 is 0 Å². The molecule has 0 aliphatic carbocycles. The third-order valence-electron chi connectivity index (χ3n) is 1.86. The number of methoxy groups -OCH3 is 1. The number of hydrogen-bond donors (Lipinski definition) is 1. The normalized spacial score (nSPS) is 10.8. The first-order valence-corrected chi connectivity index (χ1v) is 4.85. The molecule has 0 radical (unpaired) electrons. The van der Waals surface area contributed by atoms with Crippen molar-refractivity contribution in [3.8, 4) is 5.75 Å². The van der Waals surface area contributed by atoms with Crippen LogP contribution in [-0.4, -0.2) is 18.1 Å². The van der Waals surface area contributed by atoms with Gasteiger partial charge in [0.1, 0.15) is 5.75 Å². The molecule has 0 aliphatic rings. The summed E-state index contributed by atoms with van der Waals surface area (Å²) < 4.78 is 5.17. The number of rotatable bonds is 4. The molecule has 2 nitrogen and oxygen atoms in total. The van der Waals surface area contributed by atoms with Crippen LogP contribution in [-0.2, 0) is 6.61 Å². The van der Waals surface area contributed by atoms with E-state index in [0.29, 0.717) is 5.88 Å². The van der Waals surface area contributed by atoms with E-state index in [1.54, 1.807) is 7.11 Å². The Morgan fingerprint density at radius 1 is 1.50 bits per heavy atom. The second-order valence-electron chi connectivity index (χ2n) is 2.79. The standard InChI is InChI=1S/C11H13ClO2/c1-14-11-5-4-9(8-13)7-10(11)3-2-6-12/h2-5,7,13H,6,8H2,1H3. The van der Waals surface area contributed by atoms with E-state index in [-0.39, 0.29) is 6.61 Å². The predicted octanol–water partition coefficient (Wildman–Crippen LogP) is 2.44. The van der Waals surface area contributed by atoms with Crippen molar-refractivity contribution in [1.82, 2.24) is 0 Å². The van der Waals surface area contributed by atoms with Crippen LogP contribution in [0.3, 0.4) is 0 Å². The lowest BCUT2D eigenvalue weighted by molar-refractivity contribution is 0.281. The van der Waals surface area contributed by atoms with Crippen molar-refractivity contribution in [2.24, 2.45) is 0 Å². The van der Waals surface area contributed by atoms with Crippen molar-refractivity contribution >= 4 is 17.7 Å². The summed E-state index contributed by atoms with van der Waals surface area (Å²) in [6, 6.07) is 5.54. The van der Waals surface area contributed by atoms with Gasteiger partial charge in [-0.05, 0) is 17.7 Å². The topological polar surface area (TPSA) is 29.5 Å². The molecule has 1 aromatic carbocycles. The van der Waals surface area contributed by atoms with E-state index in [9.17, 15) is 0 Å². The molecule has 0 aliphatic heterocycles. The van der Waals surface area contributed by atoms with Crippen LogP contribution in [0.5, 0.6) is 5.75 Å². The second kappa shape index (κ2) is 5.68. The Hall–Kier alpha value is -0.990. The van der Waals surface area contributed by atoms with E-state index in [1.165, 1.54) is 0 Å². The summed E-state index contributed by atoms with van der Waals surface area (Å²) in [5.41, 5.74) is 1.79. The smallest absolute Gasteiger partial charge is 0.126 e. The van der Waals surface area contributed by atoms with Gasteiger partial charge in [0.05, 0.1) is 13.7 Å². The molecule has 0 unspecified atom stereocenters. The fraction of sp³-hybridized carbons (Fsp3) is 0.273. The molecular formula is C11H13ClO2. The monoisotopic (exact) mass is 212 g/mol. The van der Waals surface area contributed by atoms with Crippen molar-refractivity contribution in [3.05, 3.63) is 35.4 Å². The molecule has 0 aromatic heterocycles. The first kappa shape index (κ1) is 11.1. The number of ether oxygens (including phenoxy) is 1. The highest BCUT2D eigenvalue weighted by atomic mass is 35.5. The lowest BCUT2D eigenvalue weighted by Gasteiger charge is -2.06. The Bertz CT molecular complexity index is 321. The van der Waals surface area contributed by atoms with Gasteiger partial charge in [0.25, 0.3) is 0 Å². The average Bonchev–Trinajstić information content (AvgIpc) is 2.25. The molecule has 0 saturated carbocycles. The number of benzene rings is 1. The van der Waals surface area contributed by atoms with E-state index in [4.69, 9.17) is 21.4 Å². The van der Waals surface area contributed by atoms with Crippen molar-refractivity contribution in [3.63, 3.8) is 0 Å². The predicted molar refractivity (Wildman–Crippen MR) is 58.7 cm³/mol. The molecule has 1 aromatic rings. The Morgan fingerprint density at radius 2 is 2.29 bits per heavy atom. The van der Waals surface area contributed by atoms with Gasteiger partial charge in [0.15, 0.2) is 0 Å². The van der Waals surface area contributed by atoms with Crippen LogP contribution in [0.2, 0.25) is 0 Å². The second-order valence-corrected chi connectivity index (χ2v) is 3.10. The Labute approximate surface area is 88.8 Å². The Kier molecular flexibility index (Phi) is 4.50. The number of halogens is 1. The fourth-order valence-electron chi connectivity index (χ4n) is 1.18. The highest BCUT2D eigenvalue weighted by molar-refractivity contribution is 6.19. The van der Waals surface area contributed by atoms with Crippen molar-refractivity contribution in [2.45, 2.75) is 6.61 Å². The highest BCUT2D eigenvalue weighted by Crippen LogP contribution is 2.21. The first-order chi connectivity index (χ1) is 6.81. The minimum absolute atomic E-state index is 0.0334. The molecule has 76 valence electrons. The largest absolute Gasteiger partial charge is 0.496 e. The van der Waals surface area contributed by atoms with Gasteiger partial charge < -0.3 is 9.84 Å². The molecular weight excluding hydrogens is 200 g/mol. The van der Waals surface area contributed by atoms with E-state index < -0.39 is 0 Å². The van der Waals surface area contributed by atoms with Gasteiger partial charge in [-0.1, -0.05) is 18.2 Å². The Balaban J connectivity index is 3.02. The maximum atomic E-state index is 8.96. The van der Waals surface area contributed by atoms with Crippen LogP contribution in [0, 0.1) is 0 Å². The van der Waals surface area contributed by atoms with Gasteiger partial charge in [-0.3, -0.25) is 0 Å². The Morgan fingerprint density at radius 3 is 2.86 bits per heavy atom. The molecule has 1 N–H and O–H groups in total. The van der Waals surface area contributed by atoms with Gasteiger partial charge in [-0.2, -0.15) is 0 Å². The quantitative estimate of drug-likeness (QED) is 0.777. The van der Waals surface area contributed by atoms with Gasteiger partial charge in [-0.15, -0.1) is 11.6 Å². The van der Waals surface area contributed by atoms with E-state index >= 15 is 0 Å². The number of hydrogen-bond acceptors (Lipinski definition) is 2. The SMILES string of the molecule is COc1ccc(CO)cc1C=CCCl. The third-order valence-corrected chi connectivity index (χ3v) is 2.04. The molecule has 0 heterocycles. The summed E-state index contributed by atoms with van der Waals surface area (Å²) in [5.74, 6) is 1.25. The van der Waals surface area contributed by atoms with Crippen molar-refractivity contribution in [2.75, 3.05) is 13.0 Å². The van der Waals surface area contributed by atoms with Crippen molar-refractivity contribution in [1.29, 1.82) is 0 Å². The van der Waals surface area contributed by atoms with Crippen LogP contribution in [0.25, 0.3) is 6.08 Å². The van der Waals surface area contributed by atoms with E-state index in [0.717, 1.165) is 16.9 Å². The van der Waals surface area contributed by atoms with E-state index in [1.807, 2.05) is 30.4 Å². The zero-order valence-corrected chi connectivity index (χ0v) is 8.79. The number of aliphatic hydroxyl groups excluding tert-OH is 1. The van der Waals surface area contributed by atoms with Crippen LogP contribution in [0.1, 0.15) is 11.1 Å². The summed E-state index contributed by atoms with van der Waals surface area (Å²) in [7, 11) is 1.62. The number of aliphatic hydroxyl groups is 1. The van der Waals surface area contributed by atoms with Crippen molar-refractivity contribution < 1.29 is 9.84 Å². The van der Waals surface area contributed by atoms with Crippen LogP contribution in [0.15, 0.2) is 24.3 Å². The fourth-order valence-corrected chi connectivity index (χ4v) is 1.27. The van der Waals surface area contributed by atoms with Crippen LogP contribution >= 0.6 is 11.6 Å². The summed E-state index contributed by atoms with van der Waals surface area (Å²) >= 11 is 5.54. The van der Waals surface area contributed by atoms with Crippen LogP contribution < -0.4 is 4.74 Å². The van der Waals surface area contributed by atoms with Gasteiger partial charge in [-0.25, -0.2) is 0 Å². The maximum Gasteiger partial charge on any atom is 0.126 e. The molecule has 0 amide bonds. The molecule has 0 bridgehead atoms. The average molecular weight is 213 g/mol. The van der Waals surface area contributed by atoms with Gasteiger partial charge in [0.2, 0.25) is 0 Å². The first-order valence-electron chi connectivity index (χ1n) is 4.32. The summed E-state index contributed by atoms with van der Waals surface area (Å²) in [4.78, 5) is 0. The lowest BCUT2D eigenvalue weighted by Crippen LogP contribution is -1.90. The maximum absolute atomic E-state index is 8.96. The zero-order valence-electron chi connectivity index (χ0n) is 8.03. The minimum atomic E-state index is 0.0334. The third kappa shape index (κ3) is 2.76. The summed E-state index contributed by atoms with van der Waals surface area (Å²) in [6.07, 6.45) is 3.71. The summed E-state index contributed by atoms with van der Waals surface area (Å²) in [6.45, 7) is 0.0334.